The highest BCUT2D eigenvalue weighted by atomic mass is 16.2. The number of hydrogen-bond acceptors (Lipinski definition) is 3. The second kappa shape index (κ2) is 5.03. The van der Waals surface area contributed by atoms with Gasteiger partial charge in [0.1, 0.15) is 11.3 Å². The fraction of sp³-hybridized carbons (Fsp3) is 0.615. The summed E-state index contributed by atoms with van der Waals surface area (Å²) in [6.07, 6.45) is 0.809. The molecule has 2 aromatic rings. The van der Waals surface area contributed by atoms with Crippen LogP contribution in [0.1, 0.15) is 45.9 Å². The molecule has 1 unspecified atom stereocenters. The second-order valence-corrected chi connectivity index (χ2v) is 5.26. The quantitative estimate of drug-likeness (QED) is 0.879. The van der Waals surface area contributed by atoms with Crippen molar-refractivity contribution in [2.24, 2.45) is 5.92 Å². The molecule has 19 heavy (non-hydrogen) atoms. The van der Waals surface area contributed by atoms with Crippen LogP contribution in [-0.4, -0.2) is 19.5 Å². The SMILES string of the molecule is CCCn1c(=O)[nH]c(=O)c2[nH]c(C(C)C(C)C)nc21. The molecular formula is C13H20N4O2. The summed E-state index contributed by atoms with van der Waals surface area (Å²) >= 11 is 0. The van der Waals surface area contributed by atoms with Crippen molar-refractivity contribution in [3.63, 3.8) is 0 Å². The lowest BCUT2D eigenvalue weighted by atomic mass is 9.98. The number of nitrogens with zero attached hydrogens (tertiary/aromatic N) is 2. The van der Waals surface area contributed by atoms with Crippen molar-refractivity contribution >= 4 is 11.2 Å². The lowest BCUT2D eigenvalue weighted by molar-refractivity contribution is 0.515. The van der Waals surface area contributed by atoms with Crippen molar-refractivity contribution in [1.29, 1.82) is 0 Å². The fourth-order valence-corrected chi connectivity index (χ4v) is 2.02. The molecule has 6 heteroatoms. The fourth-order valence-electron chi connectivity index (χ4n) is 2.02. The van der Waals surface area contributed by atoms with Gasteiger partial charge in [-0.05, 0) is 12.3 Å². The molecule has 1 atom stereocenters. The Labute approximate surface area is 110 Å². The Balaban J connectivity index is 2.70. The van der Waals surface area contributed by atoms with Crippen LogP contribution in [0.5, 0.6) is 0 Å². The molecule has 0 bridgehead atoms. The van der Waals surface area contributed by atoms with E-state index in [4.69, 9.17) is 0 Å². The van der Waals surface area contributed by atoms with Gasteiger partial charge in [0.2, 0.25) is 0 Å². The number of H-pyrrole nitrogens is 2. The van der Waals surface area contributed by atoms with Crippen molar-refractivity contribution in [1.82, 2.24) is 19.5 Å². The molecule has 0 radical (unpaired) electrons. The summed E-state index contributed by atoms with van der Waals surface area (Å²) < 4.78 is 1.52. The van der Waals surface area contributed by atoms with Crippen molar-refractivity contribution < 1.29 is 0 Å². The van der Waals surface area contributed by atoms with Gasteiger partial charge in [-0.15, -0.1) is 0 Å². The normalized spacial score (nSPS) is 13.3. The molecule has 2 N–H and O–H groups in total. The molecule has 0 amide bonds. The summed E-state index contributed by atoms with van der Waals surface area (Å²) in [6, 6.07) is 0. The molecule has 0 saturated heterocycles. The first-order valence-electron chi connectivity index (χ1n) is 6.68. The summed E-state index contributed by atoms with van der Waals surface area (Å²) in [5.74, 6) is 1.37. The third-order valence-electron chi connectivity index (χ3n) is 3.53. The predicted molar refractivity (Wildman–Crippen MR) is 74.5 cm³/mol. The third-order valence-corrected chi connectivity index (χ3v) is 3.53. The Morgan fingerprint density at radius 2 is 1.89 bits per heavy atom. The summed E-state index contributed by atoms with van der Waals surface area (Å²) in [5, 5.41) is 0. The van der Waals surface area contributed by atoms with Crippen molar-refractivity contribution in [3.05, 3.63) is 26.7 Å². The first-order valence-corrected chi connectivity index (χ1v) is 6.68. The predicted octanol–water partition coefficient (Wildman–Crippen LogP) is 1.58. The van der Waals surface area contributed by atoms with Crippen molar-refractivity contribution in [3.8, 4) is 0 Å². The molecule has 0 fully saturated rings. The lowest BCUT2D eigenvalue weighted by Crippen LogP contribution is -2.30. The Hall–Kier alpha value is -1.85. The van der Waals surface area contributed by atoms with E-state index < -0.39 is 11.2 Å². The molecule has 0 aliphatic heterocycles. The molecule has 6 nitrogen and oxygen atoms in total. The number of aromatic amines is 2. The molecule has 0 aromatic carbocycles. The van der Waals surface area contributed by atoms with E-state index in [1.807, 2.05) is 6.92 Å². The minimum Gasteiger partial charge on any atom is -0.336 e. The van der Waals surface area contributed by atoms with E-state index in [1.165, 1.54) is 4.57 Å². The van der Waals surface area contributed by atoms with E-state index in [1.54, 1.807) is 0 Å². The number of aromatic nitrogens is 4. The van der Waals surface area contributed by atoms with Gasteiger partial charge in [0.05, 0.1) is 0 Å². The average Bonchev–Trinajstić information content (AvgIpc) is 2.78. The highest BCUT2D eigenvalue weighted by Crippen LogP contribution is 2.22. The van der Waals surface area contributed by atoms with Crippen LogP contribution in [0.15, 0.2) is 9.59 Å². The molecular weight excluding hydrogens is 244 g/mol. The third kappa shape index (κ3) is 2.34. The highest BCUT2D eigenvalue weighted by molar-refractivity contribution is 5.69. The van der Waals surface area contributed by atoms with E-state index in [0.29, 0.717) is 23.6 Å². The van der Waals surface area contributed by atoms with E-state index in [-0.39, 0.29) is 5.92 Å². The molecule has 0 saturated carbocycles. The van der Waals surface area contributed by atoms with Crippen LogP contribution in [0.2, 0.25) is 0 Å². The van der Waals surface area contributed by atoms with Crippen molar-refractivity contribution in [2.45, 2.75) is 46.6 Å². The average molecular weight is 264 g/mol. The van der Waals surface area contributed by atoms with E-state index >= 15 is 0 Å². The topological polar surface area (TPSA) is 83.5 Å². The zero-order valence-corrected chi connectivity index (χ0v) is 11.8. The monoisotopic (exact) mass is 264 g/mol. The van der Waals surface area contributed by atoms with E-state index in [9.17, 15) is 9.59 Å². The zero-order valence-electron chi connectivity index (χ0n) is 11.8. The smallest absolute Gasteiger partial charge is 0.330 e. The minimum absolute atomic E-state index is 0.206. The maximum absolute atomic E-state index is 11.8. The number of aryl methyl sites for hydroxylation is 1. The van der Waals surface area contributed by atoms with Gasteiger partial charge < -0.3 is 4.98 Å². The maximum Gasteiger partial charge on any atom is 0.330 e. The molecule has 2 rings (SSSR count). The highest BCUT2D eigenvalue weighted by Gasteiger charge is 2.18. The number of hydrogen-bond donors (Lipinski definition) is 2. The van der Waals surface area contributed by atoms with Crippen molar-refractivity contribution in [2.75, 3.05) is 0 Å². The number of fused-ring (bicyclic) bond motifs is 1. The van der Waals surface area contributed by atoms with Crippen LogP contribution in [0.3, 0.4) is 0 Å². The van der Waals surface area contributed by atoms with Crippen LogP contribution in [0.4, 0.5) is 0 Å². The Morgan fingerprint density at radius 1 is 1.21 bits per heavy atom. The lowest BCUT2D eigenvalue weighted by Gasteiger charge is -2.11. The molecule has 0 spiro atoms. The standard InChI is InChI=1S/C13H20N4O2/c1-5-6-17-11-9(12(18)16-13(17)19)14-10(15-11)8(4)7(2)3/h7-8H,5-6H2,1-4H3,(H,14,15)(H,16,18,19). The van der Waals surface area contributed by atoms with Crippen LogP contribution < -0.4 is 11.2 Å². The summed E-state index contributed by atoms with van der Waals surface area (Å²) in [7, 11) is 0. The summed E-state index contributed by atoms with van der Waals surface area (Å²) in [6.45, 7) is 8.78. The van der Waals surface area contributed by atoms with E-state index in [0.717, 1.165) is 12.2 Å². The summed E-state index contributed by atoms with van der Waals surface area (Å²) in [5.41, 5.74) is 0.0466. The van der Waals surface area contributed by atoms with Gasteiger partial charge in [0, 0.05) is 12.5 Å². The molecule has 0 aliphatic carbocycles. The first kappa shape index (κ1) is 13.6. The molecule has 2 heterocycles. The van der Waals surface area contributed by atoms with Crippen LogP contribution in [-0.2, 0) is 6.54 Å². The van der Waals surface area contributed by atoms with Gasteiger partial charge in [0.25, 0.3) is 5.56 Å². The van der Waals surface area contributed by atoms with Gasteiger partial charge in [-0.25, -0.2) is 9.78 Å². The molecule has 0 aliphatic rings. The van der Waals surface area contributed by atoms with Gasteiger partial charge in [-0.2, -0.15) is 0 Å². The largest absolute Gasteiger partial charge is 0.336 e. The van der Waals surface area contributed by atoms with Gasteiger partial charge >= 0.3 is 5.69 Å². The van der Waals surface area contributed by atoms with Gasteiger partial charge in [0.15, 0.2) is 5.65 Å². The Kier molecular flexibility index (Phi) is 3.59. The number of imidazole rings is 1. The molecule has 2 aromatic heterocycles. The van der Waals surface area contributed by atoms with Crippen LogP contribution >= 0.6 is 0 Å². The van der Waals surface area contributed by atoms with Gasteiger partial charge in [-0.3, -0.25) is 14.3 Å². The Bertz CT molecular complexity index is 693. The maximum atomic E-state index is 11.8. The summed E-state index contributed by atoms with van der Waals surface area (Å²) in [4.78, 5) is 33.5. The molecule has 104 valence electrons. The first-order chi connectivity index (χ1) is 8.95. The van der Waals surface area contributed by atoms with Gasteiger partial charge in [-0.1, -0.05) is 27.7 Å². The Morgan fingerprint density at radius 3 is 2.47 bits per heavy atom. The second-order valence-electron chi connectivity index (χ2n) is 5.26. The van der Waals surface area contributed by atoms with Crippen LogP contribution in [0, 0.1) is 5.92 Å². The minimum atomic E-state index is -0.401. The van der Waals surface area contributed by atoms with E-state index in [2.05, 4.69) is 35.7 Å². The number of nitrogens with one attached hydrogen (secondary N) is 2. The zero-order chi connectivity index (χ0) is 14.2. The van der Waals surface area contributed by atoms with Crippen LogP contribution in [0.25, 0.3) is 11.2 Å². The number of rotatable bonds is 4.